The van der Waals surface area contributed by atoms with Crippen LogP contribution in [0.5, 0.6) is 5.75 Å². The van der Waals surface area contributed by atoms with E-state index in [1.165, 1.54) is 11.3 Å². The molecule has 0 bridgehead atoms. The Kier molecular flexibility index (Phi) is 3.54. The minimum absolute atomic E-state index is 0.0504. The molecule has 0 saturated carbocycles. The van der Waals surface area contributed by atoms with Gasteiger partial charge in [-0.15, -0.1) is 11.3 Å². The van der Waals surface area contributed by atoms with Crippen molar-refractivity contribution in [2.24, 2.45) is 0 Å². The van der Waals surface area contributed by atoms with Gasteiger partial charge in [0.05, 0.1) is 17.2 Å². The largest absolute Gasteiger partial charge is 0.486 e. The number of thiazole rings is 1. The molecule has 0 unspecified atom stereocenters. The molecule has 1 aromatic heterocycles. The van der Waals surface area contributed by atoms with E-state index in [1.807, 2.05) is 37.3 Å². The Bertz CT molecular complexity index is 453. The van der Waals surface area contributed by atoms with Crippen LogP contribution in [-0.2, 0) is 13.2 Å². The normalized spacial score (nSPS) is 10.4. The van der Waals surface area contributed by atoms with Crippen molar-refractivity contribution in [2.45, 2.75) is 20.1 Å². The number of aromatic nitrogens is 1. The molecule has 16 heavy (non-hydrogen) atoms. The minimum atomic E-state index is 0.0504. The second-order valence-corrected chi connectivity index (χ2v) is 4.54. The summed E-state index contributed by atoms with van der Waals surface area (Å²) in [6.45, 7) is 2.40. The highest BCUT2D eigenvalue weighted by Gasteiger charge is 2.06. The lowest BCUT2D eigenvalue weighted by atomic mass is 10.3. The molecule has 2 rings (SSSR count). The van der Waals surface area contributed by atoms with Crippen molar-refractivity contribution in [1.82, 2.24) is 4.98 Å². The van der Waals surface area contributed by atoms with Crippen LogP contribution < -0.4 is 4.74 Å². The Hall–Kier alpha value is -1.39. The first-order chi connectivity index (χ1) is 7.79. The Labute approximate surface area is 98.4 Å². The number of para-hydroxylation sites is 1. The van der Waals surface area contributed by atoms with Crippen molar-refractivity contribution in [3.05, 3.63) is 45.9 Å². The molecule has 0 atom stereocenters. The molecule has 0 aliphatic heterocycles. The van der Waals surface area contributed by atoms with Crippen molar-refractivity contribution in [2.75, 3.05) is 0 Å². The number of hydrogen-bond donors (Lipinski definition) is 1. The predicted octanol–water partition coefficient (Wildman–Crippen LogP) is 2.52. The molecular weight excluding hydrogens is 222 g/mol. The predicted molar refractivity (Wildman–Crippen MR) is 63.5 cm³/mol. The quantitative estimate of drug-likeness (QED) is 0.885. The molecule has 1 heterocycles. The van der Waals surface area contributed by atoms with E-state index in [0.29, 0.717) is 6.61 Å². The number of aliphatic hydroxyl groups is 1. The maximum atomic E-state index is 9.05. The van der Waals surface area contributed by atoms with Gasteiger partial charge >= 0.3 is 0 Å². The van der Waals surface area contributed by atoms with E-state index in [0.717, 1.165) is 21.3 Å². The summed E-state index contributed by atoms with van der Waals surface area (Å²) in [5.74, 6) is 0.834. The molecule has 0 fully saturated rings. The zero-order chi connectivity index (χ0) is 11.4. The van der Waals surface area contributed by atoms with Gasteiger partial charge in [0.1, 0.15) is 17.4 Å². The van der Waals surface area contributed by atoms with Gasteiger partial charge in [-0.05, 0) is 19.1 Å². The average Bonchev–Trinajstić information content (AvgIpc) is 2.69. The molecule has 0 aliphatic rings. The van der Waals surface area contributed by atoms with Crippen molar-refractivity contribution in [3.63, 3.8) is 0 Å². The molecule has 0 radical (unpaired) electrons. The summed E-state index contributed by atoms with van der Waals surface area (Å²) in [6.07, 6.45) is 0. The molecule has 3 nitrogen and oxygen atoms in total. The van der Waals surface area contributed by atoms with Gasteiger partial charge in [-0.25, -0.2) is 4.98 Å². The van der Waals surface area contributed by atoms with E-state index in [-0.39, 0.29) is 6.61 Å². The maximum Gasteiger partial charge on any atom is 0.140 e. The minimum Gasteiger partial charge on any atom is -0.486 e. The van der Waals surface area contributed by atoms with Crippen LogP contribution in [0.15, 0.2) is 30.3 Å². The topological polar surface area (TPSA) is 42.4 Å². The van der Waals surface area contributed by atoms with Gasteiger partial charge in [-0.1, -0.05) is 18.2 Å². The van der Waals surface area contributed by atoms with Gasteiger partial charge in [0.25, 0.3) is 0 Å². The lowest BCUT2D eigenvalue weighted by Crippen LogP contribution is -1.94. The molecular formula is C12H13NO2S. The first-order valence-corrected chi connectivity index (χ1v) is 5.85. The molecule has 1 aromatic carbocycles. The van der Waals surface area contributed by atoms with Gasteiger partial charge in [0.2, 0.25) is 0 Å². The highest BCUT2D eigenvalue weighted by Crippen LogP contribution is 2.19. The number of rotatable bonds is 4. The van der Waals surface area contributed by atoms with Crippen molar-refractivity contribution >= 4 is 11.3 Å². The van der Waals surface area contributed by atoms with Crippen LogP contribution in [0.4, 0.5) is 0 Å². The van der Waals surface area contributed by atoms with Gasteiger partial charge in [0, 0.05) is 0 Å². The molecule has 0 spiro atoms. The van der Waals surface area contributed by atoms with E-state index in [2.05, 4.69) is 4.98 Å². The molecule has 84 valence electrons. The van der Waals surface area contributed by atoms with Crippen molar-refractivity contribution < 1.29 is 9.84 Å². The van der Waals surface area contributed by atoms with Crippen LogP contribution in [0.25, 0.3) is 0 Å². The van der Waals surface area contributed by atoms with Gasteiger partial charge < -0.3 is 9.84 Å². The maximum absolute atomic E-state index is 9.05. The Morgan fingerprint density at radius 3 is 2.69 bits per heavy atom. The van der Waals surface area contributed by atoms with Crippen molar-refractivity contribution in [3.8, 4) is 5.75 Å². The first kappa shape index (κ1) is 11.1. The van der Waals surface area contributed by atoms with Crippen LogP contribution >= 0.6 is 11.3 Å². The van der Waals surface area contributed by atoms with Crippen LogP contribution in [0.3, 0.4) is 0 Å². The number of aryl methyl sites for hydroxylation is 1. The van der Waals surface area contributed by atoms with Crippen LogP contribution in [0, 0.1) is 6.92 Å². The zero-order valence-corrected chi connectivity index (χ0v) is 9.83. The highest BCUT2D eigenvalue weighted by atomic mass is 32.1. The standard InChI is InChI=1S/C12H13NO2S/c1-9-11(7-14)16-12(13-9)8-15-10-5-3-2-4-6-10/h2-6,14H,7-8H2,1H3. The smallest absolute Gasteiger partial charge is 0.140 e. The fraction of sp³-hybridized carbons (Fsp3) is 0.250. The summed E-state index contributed by atoms with van der Waals surface area (Å²) >= 11 is 1.49. The molecule has 0 aliphatic carbocycles. The lowest BCUT2D eigenvalue weighted by molar-refractivity contribution is 0.284. The fourth-order valence-corrected chi connectivity index (χ4v) is 2.20. The second-order valence-electron chi connectivity index (χ2n) is 3.38. The third kappa shape index (κ3) is 2.59. The molecule has 0 saturated heterocycles. The second kappa shape index (κ2) is 5.09. The summed E-state index contributed by atoms with van der Waals surface area (Å²) in [5.41, 5.74) is 0.888. The van der Waals surface area contributed by atoms with Gasteiger partial charge in [-0.3, -0.25) is 0 Å². The summed E-state index contributed by atoms with van der Waals surface area (Å²) < 4.78 is 5.57. The third-order valence-corrected chi connectivity index (χ3v) is 3.30. The van der Waals surface area contributed by atoms with E-state index in [4.69, 9.17) is 9.84 Å². The average molecular weight is 235 g/mol. The van der Waals surface area contributed by atoms with E-state index >= 15 is 0 Å². The number of aliphatic hydroxyl groups excluding tert-OH is 1. The summed E-state index contributed by atoms with van der Waals surface area (Å²) in [7, 11) is 0. The van der Waals surface area contributed by atoms with Crippen LogP contribution in [0.1, 0.15) is 15.6 Å². The first-order valence-electron chi connectivity index (χ1n) is 5.03. The fourth-order valence-electron chi connectivity index (χ4n) is 1.36. The number of hydrogen-bond acceptors (Lipinski definition) is 4. The summed E-state index contributed by atoms with van der Waals surface area (Å²) in [4.78, 5) is 5.24. The zero-order valence-electron chi connectivity index (χ0n) is 9.01. The Morgan fingerprint density at radius 1 is 1.31 bits per heavy atom. The van der Waals surface area contributed by atoms with E-state index in [9.17, 15) is 0 Å². The SMILES string of the molecule is Cc1nc(COc2ccccc2)sc1CO. The molecule has 4 heteroatoms. The molecule has 2 aromatic rings. The van der Waals surface area contributed by atoms with Crippen LogP contribution in [-0.4, -0.2) is 10.1 Å². The Morgan fingerprint density at radius 2 is 2.06 bits per heavy atom. The summed E-state index contributed by atoms with van der Waals surface area (Å²) in [5, 5.41) is 9.94. The van der Waals surface area contributed by atoms with E-state index < -0.39 is 0 Å². The van der Waals surface area contributed by atoms with Gasteiger partial charge in [0.15, 0.2) is 0 Å². The highest BCUT2D eigenvalue weighted by molar-refractivity contribution is 7.11. The summed E-state index contributed by atoms with van der Waals surface area (Å²) in [6, 6.07) is 9.63. The Balaban J connectivity index is 2.00. The molecule has 1 N–H and O–H groups in total. The van der Waals surface area contributed by atoms with Gasteiger partial charge in [-0.2, -0.15) is 0 Å². The monoisotopic (exact) mass is 235 g/mol. The van der Waals surface area contributed by atoms with Crippen molar-refractivity contribution in [1.29, 1.82) is 0 Å². The lowest BCUT2D eigenvalue weighted by Gasteiger charge is -2.02. The van der Waals surface area contributed by atoms with E-state index in [1.54, 1.807) is 0 Å². The van der Waals surface area contributed by atoms with Crippen LogP contribution in [0.2, 0.25) is 0 Å². The third-order valence-electron chi connectivity index (χ3n) is 2.19. The number of nitrogens with zero attached hydrogens (tertiary/aromatic N) is 1. The molecule has 0 amide bonds. The number of ether oxygens (including phenoxy) is 1. The number of benzene rings is 1.